The molecule has 0 aliphatic carbocycles. The van der Waals surface area contributed by atoms with Crippen molar-refractivity contribution in [3.05, 3.63) is 68.4 Å². The zero-order valence-corrected chi connectivity index (χ0v) is 12.5. The molecule has 112 valence electrons. The molecule has 1 aromatic carbocycles. The molecule has 0 saturated heterocycles. The van der Waals surface area contributed by atoms with E-state index < -0.39 is 5.56 Å². The molecule has 6 nitrogen and oxygen atoms in total. The van der Waals surface area contributed by atoms with Crippen LogP contribution in [0.15, 0.2) is 41.2 Å². The standard InChI is InChI=1S/C15H13ClN4O2/c1-9(21)13-14(22)20-12(7-11(16)18-15(20)17)19(13)8-10-5-3-2-4-6-10/h2-7,17,21H,8H2,1H3/b13-9-,17-15?. The maximum absolute atomic E-state index is 12.5. The van der Waals surface area contributed by atoms with Crippen LogP contribution in [0, 0.1) is 5.41 Å². The van der Waals surface area contributed by atoms with Gasteiger partial charge in [0, 0.05) is 12.6 Å². The van der Waals surface area contributed by atoms with Crippen LogP contribution >= 0.6 is 11.6 Å². The number of fused-ring (bicyclic) bond motifs is 1. The predicted molar refractivity (Wildman–Crippen MR) is 82.8 cm³/mol. The molecule has 7 heteroatoms. The summed E-state index contributed by atoms with van der Waals surface area (Å²) in [6.45, 7) is 1.82. The lowest BCUT2D eigenvalue weighted by molar-refractivity contribution is 0.492. The smallest absolute Gasteiger partial charge is 0.286 e. The first kappa shape index (κ1) is 14.3. The van der Waals surface area contributed by atoms with Gasteiger partial charge in [-0.3, -0.25) is 10.2 Å². The summed E-state index contributed by atoms with van der Waals surface area (Å²) in [6, 6.07) is 11.0. The molecular formula is C15H13ClN4O2. The highest BCUT2D eigenvalue weighted by Crippen LogP contribution is 2.08. The number of aromatic nitrogens is 3. The molecule has 0 fully saturated rings. The lowest BCUT2D eigenvalue weighted by Crippen LogP contribution is -2.36. The molecule has 0 aliphatic heterocycles. The maximum atomic E-state index is 12.5. The molecule has 2 heterocycles. The monoisotopic (exact) mass is 316 g/mol. The van der Waals surface area contributed by atoms with Gasteiger partial charge in [0.2, 0.25) is 5.62 Å². The highest BCUT2D eigenvalue weighted by molar-refractivity contribution is 6.29. The normalized spacial score (nSPS) is 12.6. The van der Waals surface area contributed by atoms with Gasteiger partial charge in [-0.05, 0) is 12.5 Å². The summed E-state index contributed by atoms with van der Waals surface area (Å²) in [6.07, 6.45) is 0. The van der Waals surface area contributed by atoms with Crippen molar-refractivity contribution in [2.75, 3.05) is 0 Å². The fourth-order valence-corrected chi connectivity index (χ4v) is 2.65. The van der Waals surface area contributed by atoms with Crippen LogP contribution in [0.2, 0.25) is 5.15 Å². The maximum Gasteiger partial charge on any atom is 0.286 e. The SMILES string of the molecule is C/C(O)=c1\c(=O)n2c(=N)nc(Cl)cc2n1Cc1ccccc1. The molecular weight excluding hydrogens is 304 g/mol. The molecule has 0 amide bonds. The third kappa shape index (κ3) is 2.27. The van der Waals surface area contributed by atoms with Gasteiger partial charge in [0.25, 0.3) is 5.56 Å². The Hall–Kier alpha value is -2.60. The van der Waals surface area contributed by atoms with E-state index in [1.165, 1.54) is 13.0 Å². The highest BCUT2D eigenvalue weighted by Gasteiger charge is 2.14. The van der Waals surface area contributed by atoms with E-state index in [9.17, 15) is 9.90 Å². The summed E-state index contributed by atoms with van der Waals surface area (Å²) < 4.78 is 2.77. The number of nitrogens with zero attached hydrogens (tertiary/aromatic N) is 3. The Balaban J connectivity index is 2.43. The fourth-order valence-electron chi connectivity index (χ4n) is 2.47. The molecule has 0 bridgehead atoms. The van der Waals surface area contributed by atoms with E-state index in [-0.39, 0.29) is 21.9 Å². The number of benzene rings is 1. The van der Waals surface area contributed by atoms with Gasteiger partial charge in [0.1, 0.15) is 21.9 Å². The molecule has 0 atom stereocenters. The first-order chi connectivity index (χ1) is 10.5. The van der Waals surface area contributed by atoms with E-state index in [1.54, 1.807) is 4.57 Å². The van der Waals surface area contributed by atoms with E-state index in [0.29, 0.717) is 12.2 Å². The van der Waals surface area contributed by atoms with Crippen LogP contribution in [0.25, 0.3) is 11.4 Å². The van der Waals surface area contributed by atoms with Crippen molar-refractivity contribution < 1.29 is 5.11 Å². The Labute approximate surface area is 130 Å². The third-order valence-electron chi connectivity index (χ3n) is 3.38. The lowest BCUT2D eigenvalue weighted by Gasteiger charge is -2.06. The van der Waals surface area contributed by atoms with E-state index in [0.717, 1.165) is 9.96 Å². The average molecular weight is 317 g/mol. The molecule has 0 spiro atoms. The third-order valence-corrected chi connectivity index (χ3v) is 3.57. The summed E-state index contributed by atoms with van der Waals surface area (Å²) >= 11 is 5.91. The fraction of sp³-hybridized carbons (Fsp3) is 0.133. The minimum absolute atomic E-state index is 0.111. The van der Waals surface area contributed by atoms with Crippen LogP contribution in [0.3, 0.4) is 0 Å². The second-order valence-electron chi connectivity index (χ2n) is 4.91. The van der Waals surface area contributed by atoms with Gasteiger partial charge < -0.3 is 9.67 Å². The van der Waals surface area contributed by atoms with Crippen LogP contribution in [-0.4, -0.2) is 19.1 Å². The Kier molecular flexibility index (Phi) is 3.46. The Bertz CT molecular complexity index is 1020. The highest BCUT2D eigenvalue weighted by atomic mass is 35.5. The first-order valence-corrected chi connectivity index (χ1v) is 6.97. The van der Waals surface area contributed by atoms with Crippen molar-refractivity contribution in [1.29, 1.82) is 5.41 Å². The van der Waals surface area contributed by atoms with Crippen LogP contribution in [0.4, 0.5) is 0 Å². The van der Waals surface area contributed by atoms with Gasteiger partial charge in [0.15, 0.2) is 0 Å². The van der Waals surface area contributed by atoms with Gasteiger partial charge in [-0.25, -0.2) is 9.38 Å². The number of halogens is 1. The van der Waals surface area contributed by atoms with Crippen LogP contribution in [0.1, 0.15) is 12.5 Å². The van der Waals surface area contributed by atoms with Crippen molar-refractivity contribution >= 4 is 23.0 Å². The van der Waals surface area contributed by atoms with Crippen molar-refractivity contribution in [2.24, 2.45) is 0 Å². The topological polar surface area (TPSA) is 83.4 Å². The van der Waals surface area contributed by atoms with E-state index in [2.05, 4.69) is 4.98 Å². The first-order valence-electron chi connectivity index (χ1n) is 6.59. The minimum Gasteiger partial charge on any atom is -0.510 e. The summed E-state index contributed by atoms with van der Waals surface area (Å²) in [4.78, 5) is 16.2. The number of hydrogen-bond acceptors (Lipinski definition) is 4. The van der Waals surface area contributed by atoms with Crippen molar-refractivity contribution in [1.82, 2.24) is 14.0 Å². The number of hydrogen-bond donors (Lipinski definition) is 2. The molecule has 0 radical (unpaired) electrons. The molecule has 3 aromatic rings. The van der Waals surface area contributed by atoms with Crippen molar-refractivity contribution in [3.8, 4) is 0 Å². The molecule has 2 N–H and O–H groups in total. The largest absolute Gasteiger partial charge is 0.510 e. The average Bonchev–Trinajstić information content (AvgIpc) is 2.72. The number of nitrogens with one attached hydrogen (secondary N) is 1. The summed E-state index contributed by atoms with van der Waals surface area (Å²) in [5, 5.41) is 18.0. The molecule has 3 rings (SSSR count). The quantitative estimate of drug-likeness (QED) is 0.694. The van der Waals surface area contributed by atoms with Gasteiger partial charge in [-0.2, -0.15) is 0 Å². The zero-order chi connectivity index (χ0) is 15.9. The van der Waals surface area contributed by atoms with Crippen LogP contribution < -0.4 is 16.5 Å². The van der Waals surface area contributed by atoms with Crippen LogP contribution in [-0.2, 0) is 6.54 Å². The zero-order valence-electron chi connectivity index (χ0n) is 11.7. The number of rotatable bonds is 2. The van der Waals surface area contributed by atoms with E-state index >= 15 is 0 Å². The summed E-state index contributed by atoms with van der Waals surface area (Å²) in [5.74, 6) is -0.111. The molecule has 0 unspecified atom stereocenters. The Morgan fingerprint density at radius 3 is 2.68 bits per heavy atom. The lowest BCUT2D eigenvalue weighted by atomic mass is 10.2. The molecule has 0 saturated carbocycles. The van der Waals surface area contributed by atoms with Gasteiger partial charge in [0.05, 0.1) is 0 Å². The number of imidazole rings is 1. The number of aliphatic hydroxyl groups is 1. The number of aliphatic hydroxyl groups excluding tert-OH is 1. The summed E-state index contributed by atoms with van der Waals surface area (Å²) in [7, 11) is 0. The predicted octanol–water partition coefficient (Wildman–Crippen LogP) is 1.08. The van der Waals surface area contributed by atoms with Gasteiger partial charge >= 0.3 is 0 Å². The van der Waals surface area contributed by atoms with Crippen LogP contribution in [0.5, 0.6) is 0 Å². The molecule has 22 heavy (non-hydrogen) atoms. The molecule has 0 aliphatic rings. The van der Waals surface area contributed by atoms with Gasteiger partial charge in [-0.15, -0.1) is 0 Å². The van der Waals surface area contributed by atoms with Crippen molar-refractivity contribution in [3.63, 3.8) is 0 Å². The second kappa shape index (κ2) is 5.31. The Morgan fingerprint density at radius 2 is 2.05 bits per heavy atom. The van der Waals surface area contributed by atoms with Crippen molar-refractivity contribution in [2.45, 2.75) is 13.5 Å². The minimum atomic E-state index is -0.486. The summed E-state index contributed by atoms with van der Waals surface area (Å²) in [5.41, 5.74) is 0.631. The van der Waals surface area contributed by atoms with Gasteiger partial charge in [-0.1, -0.05) is 41.9 Å². The van der Waals surface area contributed by atoms with E-state index in [4.69, 9.17) is 17.0 Å². The molecule has 2 aromatic heterocycles. The van der Waals surface area contributed by atoms with E-state index in [1.807, 2.05) is 30.3 Å². The Morgan fingerprint density at radius 1 is 1.36 bits per heavy atom. The second-order valence-corrected chi connectivity index (χ2v) is 5.29.